The van der Waals surface area contributed by atoms with Crippen LogP contribution in [0.4, 0.5) is 4.79 Å². The number of nitrogens with one attached hydrogen (secondary N) is 1. The summed E-state index contributed by atoms with van der Waals surface area (Å²) in [6, 6.07) is 6.68. The Kier molecular flexibility index (Phi) is 9.09. The van der Waals surface area contributed by atoms with Crippen molar-refractivity contribution < 1.29 is 33.3 Å². The van der Waals surface area contributed by atoms with Crippen LogP contribution in [0.5, 0.6) is 5.75 Å². The van der Waals surface area contributed by atoms with Crippen LogP contribution in [0.15, 0.2) is 24.3 Å². The highest BCUT2D eigenvalue weighted by molar-refractivity contribution is 6.74. The minimum absolute atomic E-state index is 0.00231. The Balaban J connectivity index is 2.35. The summed E-state index contributed by atoms with van der Waals surface area (Å²) in [6.07, 6.45) is -2.98. The highest BCUT2D eigenvalue weighted by Gasteiger charge is 2.50. The lowest BCUT2D eigenvalue weighted by molar-refractivity contribution is -0.158. The third kappa shape index (κ3) is 8.18. The minimum Gasteiger partial charge on any atom is -0.497 e. The van der Waals surface area contributed by atoms with Gasteiger partial charge in [0, 0.05) is 0 Å². The topological polar surface area (TPSA) is 95.5 Å². The van der Waals surface area contributed by atoms with Crippen molar-refractivity contribution in [3.8, 4) is 5.75 Å². The largest absolute Gasteiger partial charge is 0.497 e. The van der Waals surface area contributed by atoms with Gasteiger partial charge in [-0.05, 0) is 70.4 Å². The molecular weight excluding hydrogens is 466 g/mol. The first-order chi connectivity index (χ1) is 15.9. The van der Waals surface area contributed by atoms with Crippen molar-refractivity contribution >= 4 is 14.4 Å². The van der Waals surface area contributed by atoms with Gasteiger partial charge in [-0.25, -0.2) is 4.79 Å². The van der Waals surface area contributed by atoms with Gasteiger partial charge in [0.25, 0.3) is 0 Å². The van der Waals surface area contributed by atoms with Crippen molar-refractivity contribution in [3.63, 3.8) is 0 Å². The number of aliphatic hydroxyl groups is 1. The van der Waals surface area contributed by atoms with E-state index in [0.29, 0.717) is 5.75 Å². The van der Waals surface area contributed by atoms with Gasteiger partial charge in [-0.1, -0.05) is 32.9 Å². The van der Waals surface area contributed by atoms with E-state index in [-0.39, 0.29) is 11.6 Å². The van der Waals surface area contributed by atoms with Gasteiger partial charge in [0.15, 0.2) is 14.1 Å². The molecule has 200 valence electrons. The van der Waals surface area contributed by atoms with E-state index in [1.165, 1.54) is 0 Å². The number of amides is 1. The molecule has 1 fully saturated rings. The third-order valence-corrected chi connectivity index (χ3v) is 10.9. The Hall–Kier alpha value is -1.65. The van der Waals surface area contributed by atoms with Gasteiger partial charge in [0.2, 0.25) is 0 Å². The molecule has 0 aromatic heterocycles. The highest BCUT2D eigenvalue weighted by atomic mass is 28.4. The molecule has 2 rings (SSSR count). The van der Waals surface area contributed by atoms with Crippen LogP contribution in [0.1, 0.15) is 67.0 Å². The Morgan fingerprint density at radius 1 is 1.09 bits per heavy atom. The lowest BCUT2D eigenvalue weighted by atomic mass is 9.95. The van der Waals surface area contributed by atoms with Gasteiger partial charge in [-0.2, -0.15) is 0 Å². The van der Waals surface area contributed by atoms with Crippen molar-refractivity contribution in [3.05, 3.63) is 29.8 Å². The van der Waals surface area contributed by atoms with Crippen molar-refractivity contribution in [2.24, 2.45) is 0 Å². The van der Waals surface area contributed by atoms with E-state index >= 15 is 0 Å². The second kappa shape index (κ2) is 10.8. The number of aliphatic hydroxyl groups excluding tert-OH is 1. The fourth-order valence-corrected chi connectivity index (χ4v) is 4.60. The predicted molar refractivity (Wildman–Crippen MR) is 138 cm³/mol. The smallest absolute Gasteiger partial charge is 0.408 e. The molecule has 1 aromatic carbocycles. The van der Waals surface area contributed by atoms with Crippen LogP contribution >= 0.6 is 0 Å². The molecule has 35 heavy (non-hydrogen) atoms. The first-order valence-electron chi connectivity index (χ1n) is 12.2. The van der Waals surface area contributed by atoms with Gasteiger partial charge >= 0.3 is 6.09 Å². The Bertz CT molecular complexity index is 843. The first-order valence-corrected chi connectivity index (χ1v) is 15.1. The lowest BCUT2D eigenvalue weighted by Crippen LogP contribution is -2.49. The van der Waals surface area contributed by atoms with Crippen LogP contribution in [-0.4, -0.2) is 62.9 Å². The fourth-order valence-electron chi connectivity index (χ4n) is 3.58. The molecule has 0 spiro atoms. The number of ether oxygens (including phenoxy) is 4. The predicted octanol–water partition coefficient (Wildman–Crippen LogP) is 5.16. The number of carbonyl (C=O) groups excluding carboxylic acids is 1. The summed E-state index contributed by atoms with van der Waals surface area (Å²) < 4.78 is 29.5. The van der Waals surface area contributed by atoms with E-state index < -0.39 is 50.2 Å². The molecule has 1 saturated heterocycles. The molecule has 1 aromatic rings. The van der Waals surface area contributed by atoms with Crippen LogP contribution in [0.25, 0.3) is 0 Å². The summed E-state index contributed by atoms with van der Waals surface area (Å²) in [4.78, 5) is 12.8. The number of alkyl carbamates (subject to hydrolysis) is 1. The summed E-state index contributed by atoms with van der Waals surface area (Å²) in [5.41, 5.74) is 0.0991. The van der Waals surface area contributed by atoms with E-state index in [9.17, 15) is 9.90 Å². The second-order valence-electron chi connectivity index (χ2n) is 12.1. The molecule has 1 amide bonds. The maximum absolute atomic E-state index is 12.8. The van der Waals surface area contributed by atoms with E-state index in [2.05, 4.69) is 39.2 Å². The molecule has 4 atom stereocenters. The fraction of sp³-hybridized carbons (Fsp3) is 0.731. The van der Waals surface area contributed by atoms with Gasteiger partial charge in [0.05, 0.1) is 19.8 Å². The molecule has 0 radical (unpaired) electrons. The molecule has 1 aliphatic heterocycles. The van der Waals surface area contributed by atoms with Crippen LogP contribution in [0, 0.1) is 0 Å². The van der Waals surface area contributed by atoms with Gasteiger partial charge < -0.3 is 33.8 Å². The lowest BCUT2D eigenvalue weighted by Gasteiger charge is -2.37. The molecule has 9 heteroatoms. The van der Waals surface area contributed by atoms with E-state index in [0.717, 1.165) is 5.56 Å². The summed E-state index contributed by atoms with van der Waals surface area (Å²) in [5, 5.41) is 14.1. The van der Waals surface area contributed by atoms with Crippen LogP contribution in [0.2, 0.25) is 18.1 Å². The van der Waals surface area contributed by atoms with Crippen LogP contribution in [-0.2, 0) is 18.6 Å². The summed E-state index contributed by atoms with van der Waals surface area (Å²) >= 11 is 0. The molecule has 1 heterocycles. The van der Waals surface area contributed by atoms with Crippen molar-refractivity contribution in [1.29, 1.82) is 0 Å². The summed E-state index contributed by atoms with van der Waals surface area (Å²) in [6.45, 7) is 19.8. The summed E-state index contributed by atoms with van der Waals surface area (Å²) in [5.74, 6) is -0.277. The maximum atomic E-state index is 12.8. The average Bonchev–Trinajstić information content (AvgIpc) is 3.03. The van der Waals surface area contributed by atoms with E-state index in [4.69, 9.17) is 23.4 Å². The second-order valence-corrected chi connectivity index (χ2v) is 16.9. The van der Waals surface area contributed by atoms with Crippen molar-refractivity contribution in [2.45, 2.75) is 109 Å². The standard InChI is InChI=1S/C26H45NO7Si/c1-24(2,3)34-23(29)27-20(17-12-14-18(30-9)15-13-17)22-21(32-26(7,8)33-22)19(28)16-31-35(10,11)25(4,5)6/h12-15,19-22,28H,16H2,1-11H3,(H,27,29)/t19-,20-,21+,22+/m1/s1. The maximum Gasteiger partial charge on any atom is 0.408 e. The molecule has 0 unspecified atom stereocenters. The number of rotatable bonds is 8. The zero-order chi connectivity index (χ0) is 26.8. The zero-order valence-electron chi connectivity index (χ0n) is 23.2. The Morgan fingerprint density at radius 3 is 2.11 bits per heavy atom. The molecule has 0 bridgehead atoms. The van der Waals surface area contributed by atoms with Gasteiger partial charge in [0.1, 0.15) is 29.7 Å². The Labute approximate surface area is 211 Å². The number of carbonyl (C=O) groups is 1. The number of benzene rings is 1. The molecule has 1 aliphatic rings. The molecule has 2 N–H and O–H groups in total. The van der Waals surface area contributed by atoms with Crippen LogP contribution < -0.4 is 10.1 Å². The van der Waals surface area contributed by atoms with E-state index in [1.54, 1.807) is 41.7 Å². The zero-order valence-corrected chi connectivity index (χ0v) is 24.2. The molecule has 0 saturated carbocycles. The third-order valence-electron chi connectivity index (χ3n) is 6.44. The Morgan fingerprint density at radius 2 is 1.63 bits per heavy atom. The number of methoxy groups -OCH3 is 1. The molecule has 8 nitrogen and oxygen atoms in total. The summed E-state index contributed by atoms with van der Waals surface area (Å²) in [7, 11) is -0.497. The first kappa shape index (κ1) is 29.6. The van der Waals surface area contributed by atoms with E-state index in [1.807, 2.05) is 24.3 Å². The molecule has 0 aliphatic carbocycles. The van der Waals surface area contributed by atoms with Gasteiger partial charge in [-0.15, -0.1) is 0 Å². The van der Waals surface area contributed by atoms with Crippen molar-refractivity contribution in [2.75, 3.05) is 13.7 Å². The SMILES string of the molecule is COc1ccc([C@@H](NC(=O)OC(C)(C)C)[C@@H]2OC(C)(C)O[C@H]2[C@H](O)CO[Si](C)(C)C(C)(C)C)cc1. The molecular formula is C26H45NO7Si. The highest BCUT2D eigenvalue weighted by Crippen LogP contribution is 2.39. The minimum atomic E-state index is -2.09. The average molecular weight is 512 g/mol. The van der Waals surface area contributed by atoms with Crippen LogP contribution in [0.3, 0.4) is 0 Å². The monoisotopic (exact) mass is 511 g/mol. The number of hydrogen-bond acceptors (Lipinski definition) is 7. The number of hydrogen-bond donors (Lipinski definition) is 2. The van der Waals surface area contributed by atoms with Gasteiger partial charge in [-0.3, -0.25) is 0 Å². The normalized spacial score (nSPS) is 22.4. The van der Waals surface area contributed by atoms with Crippen molar-refractivity contribution in [1.82, 2.24) is 5.32 Å². The quantitative estimate of drug-likeness (QED) is 0.465.